The molecule has 116 valence electrons. The summed E-state index contributed by atoms with van der Waals surface area (Å²) in [5.74, 6) is 0. The Morgan fingerprint density at radius 2 is 1.37 bits per heavy atom. The number of hydrogen-bond donors (Lipinski definition) is 1. The highest BCUT2D eigenvalue weighted by atomic mass is 15.1. The highest BCUT2D eigenvalue weighted by molar-refractivity contribution is 4.68. The van der Waals surface area contributed by atoms with E-state index in [-0.39, 0.29) is 0 Å². The third kappa shape index (κ3) is 14.1. The lowest BCUT2D eigenvalue weighted by atomic mass is 9.96. The molecule has 1 N–H and O–H groups in total. The maximum absolute atomic E-state index is 3.21. The maximum Gasteiger partial charge on any atom is 0.00299 e. The molecule has 0 spiro atoms. The number of unbranched alkanes of at least 4 members (excludes halogenated alkanes) is 6. The van der Waals surface area contributed by atoms with Gasteiger partial charge in [0.2, 0.25) is 0 Å². The van der Waals surface area contributed by atoms with Crippen molar-refractivity contribution in [2.45, 2.75) is 72.6 Å². The molecule has 0 amide bonds. The first-order valence-corrected chi connectivity index (χ1v) is 8.36. The Balaban J connectivity index is 3.36. The quantitative estimate of drug-likeness (QED) is 0.532. The van der Waals surface area contributed by atoms with Gasteiger partial charge >= 0.3 is 0 Å². The van der Waals surface area contributed by atoms with E-state index in [0.717, 1.165) is 0 Å². The van der Waals surface area contributed by atoms with Crippen molar-refractivity contribution in [1.29, 1.82) is 0 Å². The average molecular weight is 271 g/mol. The highest BCUT2D eigenvalue weighted by Gasteiger charge is 2.14. The molecule has 0 aliphatic carbocycles. The van der Waals surface area contributed by atoms with Crippen molar-refractivity contribution in [1.82, 2.24) is 10.2 Å². The van der Waals surface area contributed by atoms with Gasteiger partial charge < -0.3 is 10.2 Å². The maximum atomic E-state index is 3.21. The van der Waals surface area contributed by atoms with Crippen LogP contribution in [0.4, 0.5) is 0 Å². The SMILES string of the molecule is CCN(CCCCCCCCCNC)CC(C)(C)C. The summed E-state index contributed by atoms with van der Waals surface area (Å²) in [7, 11) is 2.04. The van der Waals surface area contributed by atoms with Gasteiger partial charge in [0.25, 0.3) is 0 Å². The van der Waals surface area contributed by atoms with Gasteiger partial charge in [-0.15, -0.1) is 0 Å². The first kappa shape index (κ1) is 18.9. The molecule has 0 saturated carbocycles. The standard InChI is InChI=1S/C17H38N2/c1-6-19(16-17(2,3)4)15-13-11-9-7-8-10-12-14-18-5/h18H,6-16H2,1-5H3. The Morgan fingerprint density at radius 1 is 0.842 bits per heavy atom. The topological polar surface area (TPSA) is 15.3 Å². The minimum atomic E-state index is 0.434. The molecule has 0 heterocycles. The first-order valence-electron chi connectivity index (χ1n) is 8.36. The summed E-state index contributed by atoms with van der Waals surface area (Å²) in [5, 5.41) is 3.21. The summed E-state index contributed by atoms with van der Waals surface area (Å²) in [6, 6.07) is 0. The van der Waals surface area contributed by atoms with Crippen LogP contribution < -0.4 is 5.32 Å². The van der Waals surface area contributed by atoms with Crippen molar-refractivity contribution < 1.29 is 0 Å². The van der Waals surface area contributed by atoms with Crippen LogP contribution in [0.3, 0.4) is 0 Å². The molecule has 0 aliphatic heterocycles. The molecule has 0 unspecified atom stereocenters. The molecule has 0 saturated heterocycles. The second-order valence-corrected chi connectivity index (χ2v) is 7.01. The molecule has 2 nitrogen and oxygen atoms in total. The van der Waals surface area contributed by atoms with Crippen molar-refractivity contribution in [2.75, 3.05) is 33.2 Å². The van der Waals surface area contributed by atoms with Gasteiger partial charge in [-0.05, 0) is 44.9 Å². The fraction of sp³-hybridized carbons (Fsp3) is 1.00. The van der Waals surface area contributed by atoms with Gasteiger partial charge in [-0.1, -0.05) is 59.8 Å². The Bertz CT molecular complexity index is 184. The Labute approximate surface area is 122 Å². The van der Waals surface area contributed by atoms with Gasteiger partial charge in [-0.25, -0.2) is 0 Å². The molecule has 0 rings (SSSR count). The molecule has 0 fully saturated rings. The van der Waals surface area contributed by atoms with Crippen LogP contribution in [0.2, 0.25) is 0 Å². The van der Waals surface area contributed by atoms with E-state index >= 15 is 0 Å². The molecule has 2 heteroatoms. The van der Waals surface area contributed by atoms with Crippen LogP contribution in [0.5, 0.6) is 0 Å². The summed E-state index contributed by atoms with van der Waals surface area (Å²) in [6.07, 6.45) is 9.79. The van der Waals surface area contributed by atoms with Crippen LogP contribution in [0.25, 0.3) is 0 Å². The normalized spacial score (nSPS) is 12.3. The zero-order valence-electron chi connectivity index (χ0n) is 14.2. The van der Waals surface area contributed by atoms with Crippen LogP contribution >= 0.6 is 0 Å². The predicted octanol–water partition coefficient (Wildman–Crippen LogP) is 4.30. The molecular weight excluding hydrogens is 232 g/mol. The fourth-order valence-corrected chi connectivity index (χ4v) is 2.54. The van der Waals surface area contributed by atoms with Gasteiger partial charge in [0.15, 0.2) is 0 Å². The van der Waals surface area contributed by atoms with Crippen LogP contribution in [-0.4, -0.2) is 38.1 Å². The van der Waals surface area contributed by atoms with Crippen LogP contribution in [-0.2, 0) is 0 Å². The summed E-state index contributed by atoms with van der Waals surface area (Å²) >= 11 is 0. The summed E-state index contributed by atoms with van der Waals surface area (Å²) in [4.78, 5) is 2.60. The minimum Gasteiger partial charge on any atom is -0.320 e. The van der Waals surface area contributed by atoms with E-state index < -0.39 is 0 Å². The molecule has 0 bridgehead atoms. The monoisotopic (exact) mass is 270 g/mol. The van der Waals surface area contributed by atoms with Crippen molar-refractivity contribution in [3.63, 3.8) is 0 Å². The van der Waals surface area contributed by atoms with E-state index in [9.17, 15) is 0 Å². The van der Waals surface area contributed by atoms with Gasteiger partial charge in [-0.2, -0.15) is 0 Å². The van der Waals surface area contributed by atoms with Crippen molar-refractivity contribution in [3.8, 4) is 0 Å². The molecular formula is C17H38N2. The van der Waals surface area contributed by atoms with Crippen LogP contribution in [0.1, 0.15) is 72.6 Å². The Morgan fingerprint density at radius 3 is 1.84 bits per heavy atom. The largest absolute Gasteiger partial charge is 0.320 e. The van der Waals surface area contributed by atoms with Crippen molar-refractivity contribution in [2.24, 2.45) is 5.41 Å². The molecule has 19 heavy (non-hydrogen) atoms. The number of nitrogens with one attached hydrogen (secondary N) is 1. The van der Waals surface area contributed by atoms with E-state index in [1.807, 2.05) is 7.05 Å². The average Bonchev–Trinajstić information content (AvgIpc) is 2.34. The number of rotatable bonds is 12. The minimum absolute atomic E-state index is 0.434. The summed E-state index contributed by atoms with van der Waals surface area (Å²) < 4.78 is 0. The van der Waals surface area contributed by atoms with E-state index in [2.05, 4.69) is 37.9 Å². The fourth-order valence-electron chi connectivity index (χ4n) is 2.54. The lowest BCUT2D eigenvalue weighted by Gasteiger charge is -2.28. The van der Waals surface area contributed by atoms with Crippen LogP contribution in [0, 0.1) is 5.41 Å². The summed E-state index contributed by atoms with van der Waals surface area (Å²) in [5.41, 5.74) is 0.434. The van der Waals surface area contributed by atoms with E-state index in [1.165, 1.54) is 71.1 Å². The van der Waals surface area contributed by atoms with E-state index in [1.54, 1.807) is 0 Å². The Kier molecular flexibility index (Phi) is 11.7. The summed E-state index contributed by atoms with van der Waals surface area (Å²) in [6.45, 7) is 14.2. The van der Waals surface area contributed by atoms with E-state index in [4.69, 9.17) is 0 Å². The molecule has 0 aliphatic rings. The zero-order chi connectivity index (χ0) is 14.6. The molecule has 0 aromatic heterocycles. The Hall–Kier alpha value is -0.0800. The van der Waals surface area contributed by atoms with Crippen molar-refractivity contribution in [3.05, 3.63) is 0 Å². The third-order valence-electron chi connectivity index (χ3n) is 3.55. The van der Waals surface area contributed by atoms with Crippen LogP contribution in [0.15, 0.2) is 0 Å². The van der Waals surface area contributed by atoms with Crippen molar-refractivity contribution >= 4 is 0 Å². The second kappa shape index (κ2) is 11.7. The first-order chi connectivity index (χ1) is 8.99. The smallest absolute Gasteiger partial charge is 0.00299 e. The molecule has 0 atom stereocenters. The molecule has 0 aromatic rings. The highest BCUT2D eigenvalue weighted by Crippen LogP contribution is 2.16. The second-order valence-electron chi connectivity index (χ2n) is 7.01. The van der Waals surface area contributed by atoms with Gasteiger partial charge in [-0.3, -0.25) is 0 Å². The number of nitrogens with zero attached hydrogens (tertiary/aromatic N) is 1. The van der Waals surface area contributed by atoms with E-state index in [0.29, 0.717) is 5.41 Å². The molecule has 0 aromatic carbocycles. The number of hydrogen-bond acceptors (Lipinski definition) is 2. The predicted molar refractivity (Wildman–Crippen MR) is 87.8 cm³/mol. The molecule has 0 radical (unpaired) electrons. The lowest BCUT2D eigenvalue weighted by Crippen LogP contribution is -2.33. The van der Waals surface area contributed by atoms with Gasteiger partial charge in [0, 0.05) is 6.54 Å². The zero-order valence-corrected chi connectivity index (χ0v) is 14.2. The lowest BCUT2D eigenvalue weighted by molar-refractivity contribution is 0.196. The third-order valence-corrected chi connectivity index (χ3v) is 3.55. The van der Waals surface area contributed by atoms with Gasteiger partial charge in [0.1, 0.15) is 0 Å². The van der Waals surface area contributed by atoms with Gasteiger partial charge in [0.05, 0.1) is 0 Å².